The fraction of sp³-hybridized carbons (Fsp3) is 0.276. The predicted molar refractivity (Wildman–Crippen MR) is 145 cm³/mol. The number of nitrogens with one attached hydrogen (secondary N) is 1. The van der Waals surface area contributed by atoms with Crippen molar-refractivity contribution >= 4 is 43.8 Å². The average molecular weight is 540 g/mol. The average Bonchev–Trinajstić information content (AvgIpc) is 3.29. The Hall–Kier alpha value is -3.45. The minimum atomic E-state index is 0.287. The highest BCUT2D eigenvalue weighted by atomic mass is 79.9. The number of para-hydroxylation sites is 1. The van der Waals surface area contributed by atoms with Gasteiger partial charge in [-0.3, -0.25) is 9.89 Å². The standard InChI is InChI=1S/C29H26BrN5O/c30-24-2-1-3-26-27(24)35(17-18-12-13-34(16-18)29(36)21-8-9-21)28(32-26)20-6-4-19(5-7-20)22-10-11-25-23(14-22)15-31-33-25/h1-7,10-11,14-15,18,21H,8-9,12-13,16-17H2,(H,31,33)/t18-/m1/s1. The van der Waals surface area contributed by atoms with Crippen molar-refractivity contribution in [2.24, 2.45) is 11.8 Å². The molecule has 2 aliphatic rings. The van der Waals surface area contributed by atoms with Gasteiger partial charge < -0.3 is 9.47 Å². The summed E-state index contributed by atoms with van der Waals surface area (Å²) in [6, 6.07) is 21.2. The monoisotopic (exact) mass is 539 g/mol. The number of rotatable bonds is 5. The molecule has 1 saturated carbocycles. The van der Waals surface area contributed by atoms with Crippen molar-refractivity contribution in [3.8, 4) is 22.5 Å². The van der Waals surface area contributed by atoms with E-state index >= 15 is 0 Å². The number of H-pyrrole nitrogens is 1. The fourth-order valence-corrected chi connectivity index (χ4v) is 6.07. The number of fused-ring (bicyclic) bond motifs is 2. The molecule has 180 valence electrons. The van der Waals surface area contributed by atoms with Gasteiger partial charge in [0.2, 0.25) is 5.91 Å². The Kier molecular flexibility index (Phi) is 5.20. The van der Waals surface area contributed by atoms with Crippen LogP contribution in [0.4, 0.5) is 0 Å². The number of likely N-dealkylation sites (tertiary alicyclic amines) is 1. The lowest BCUT2D eigenvalue weighted by molar-refractivity contribution is -0.131. The zero-order valence-electron chi connectivity index (χ0n) is 19.8. The Morgan fingerprint density at radius 2 is 1.81 bits per heavy atom. The van der Waals surface area contributed by atoms with Crippen molar-refractivity contribution in [3.05, 3.63) is 71.3 Å². The number of hydrogen-bond donors (Lipinski definition) is 1. The van der Waals surface area contributed by atoms with Crippen LogP contribution in [-0.2, 0) is 11.3 Å². The molecule has 0 unspecified atom stereocenters. The highest BCUT2D eigenvalue weighted by Gasteiger charge is 2.36. The molecule has 6 nitrogen and oxygen atoms in total. The van der Waals surface area contributed by atoms with Crippen LogP contribution in [0.1, 0.15) is 19.3 Å². The molecule has 2 aromatic heterocycles. The highest BCUT2D eigenvalue weighted by Crippen LogP contribution is 2.35. The van der Waals surface area contributed by atoms with Crippen LogP contribution < -0.4 is 0 Å². The first-order valence-corrected chi connectivity index (χ1v) is 13.4. The number of benzene rings is 3. The quantitative estimate of drug-likeness (QED) is 0.286. The number of amides is 1. The van der Waals surface area contributed by atoms with Gasteiger partial charge in [-0.2, -0.15) is 5.10 Å². The molecular weight excluding hydrogens is 514 g/mol. The number of halogens is 1. The van der Waals surface area contributed by atoms with E-state index in [4.69, 9.17) is 4.98 Å². The van der Waals surface area contributed by atoms with Crippen molar-refractivity contribution in [1.82, 2.24) is 24.6 Å². The molecule has 0 radical (unpaired) electrons. The summed E-state index contributed by atoms with van der Waals surface area (Å²) in [4.78, 5) is 19.8. The SMILES string of the molecule is O=C(C1CC1)N1CC[C@@H](Cn2c(-c3ccc(-c4ccc5[nH]ncc5c4)cc3)nc3cccc(Br)c32)C1. The minimum Gasteiger partial charge on any atom is -0.342 e. The van der Waals surface area contributed by atoms with E-state index < -0.39 is 0 Å². The number of nitrogens with zero attached hydrogens (tertiary/aromatic N) is 4. The lowest BCUT2D eigenvalue weighted by Gasteiger charge is -2.18. The van der Waals surface area contributed by atoms with Gasteiger partial charge in [0.15, 0.2) is 0 Å². The zero-order chi connectivity index (χ0) is 24.2. The summed E-state index contributed by atoms with van der Waals surface area (Å²) in [5.41, 5.74) is 6.56. The van der Waals surface area contributed by atoms with E-state index in [-0.39, 0.29) is 5.92 Å². The molecule has 1 saturated heterocycles. The van der Waals surface area contributed by atoms with Gasteiger partial charge in [0, 0.05) is 41.0 Å². The number of carbonyl (C=O) groups excluding carboxylic acids is 1. The largest absolute Gasteiger partial charge is 0.342 e. The molecule has 7 rings (SSSR count). The van der Waals surface area contributed by atoms with Crippen molar-refractivity contribution in [2.75, 3.05) is 13.1 Å². The van der Waals surface area contributed by atoms with Crippen molar-refractivity contribution in [1.29, 1.82) is 0 Å². The van der Waals surface area contributed by atoms with Crippen LogP contribution in [0.25, 0.3) is 44.5 Å². The molecule has 1 aliphatic heterocycles. The van der Waals surface area contributed by atoms with E-state index in [2.05, 4.69) is 90.2 Å². The Morgan fingerprint density at radius 1 is 1.00 bits per heavy atom. The molecule has 1 aliphatic carbocycles. The third-order valence-corrected chi connectivity index (χ3v) is 8.24. The number of imidazole rings is 1. The lowest BCUT2D eigenvalue weighted by atomic mass is 10.0. The lowest BCUT2D eigenvalue weighted by Crippen LogP contribution is -2.30. The Labute approximate surface area is 217 Å². The van der Waals surface area contributed by atoms with Crippen molar-refractivity contribution in [2.45, 2.75) is 25.8 Å². The van der Waals surface area contributed by atoms with Crippen LogP contribution in [0.5, 0.6) is 0 Å². The molecule has 3 aromatic carbocycles. The summed E-state index contributed by atoms with van der Waals surface area (Å²) in [6.45, 7) is 2.56. The van der Waals surface area contributed by atoms with Crippen LogP contribution >= 0.6 is 15.9 Å². The second kappa shape index (κ2) is 8.59. The molecule has 36 heavy (non-hydrogen) atoms. The molecule has 3 heterocycles. The molecule has 2 fully saturated rings. The Morgan fingerprint density at radius 3 is 2.64 bits per heavy atom. The Bertz CT molecular complexity index is 1600. The van der Waals surface area contributed by atoms with Gasteiger partial charge in [-0.25, -0.2) is 4.98 Å². The molecule has 0 spiro atoms. The first kappa shape index (κ1) is 21.8. The van der Waals surface area contributed by atoms with E-state index in [1.807, 2.05) is 12.3 Å². The topological polar surface area (TPSA) is 66.8 Å². The van der Waals surface area contributed by atoms with Crippen LogP contribution in [0, 0.1) is 11.8 Å². The predicted octanol–water partition coefficient (Wildman–Crippen LogP) is 6.27. The summed E-state index contributed by atoms with van der Waals surface area (Å²) in [5.74, 6) is 2.05. The Balaban J connectivity index is 1.22. The summed E-state index contributed by atoms with van der Waals surface area (Å²) < 4.78 is 3.40. The van der Waals surface area contributed by atoms with E-state index in [0.29, 0.717) is 11.8 Å². The van der Waals surface area contributed by atoms with Crippen molar-refractivity contribution in [3.63, 3.8) is 0 Å². The third-order valence-electron chi connectivity index (χ3n) is 7.60. The van der Waals surface area contributed by atoms with Crippen LogP contribution in [0.3, 0.4) is 0 Å². The van der Waals surface area contributed by atoms with Crippen LogP contribution in [0.2, 0.25) is 0 Å². The van der Waals surface area contributed by atoms with Gasteiger partial charge in [-0.05, 0) is 76.5 Å². The number of aromatic nitrogens is 4. The molecule has 0 bridgehead atoms. The number of carbonyl (C=O) groups is 1. The summed E-state index contributed by atoms with van der Waals surface area (Å²) >= 11 is 3.77. The summed E-state index contributed by atoms with van der Waals surface area (Å²) in [7, 11) is 0. The maximum atomic E-state index is 12.6. The smallest absolute Gasteiger partial charge is 0.225 e. The normalized spacial score (nSPS) is 17.9. The molecule has 7 heteroatoms. The number of aromatic amines is 1. The van der Waals surface area contributed by atoms with Crippen molar-refractivity contribution < 1.29 is 4.79 Å². The van der Waals surface area contributed by atoms with Crippen LogP contribution in [0.15, 0.2) is 71.3 Å². The molecule has 1 N–H and O–H groups in total. The van der Waals surface area contributed by atoms with Gasteiger partial charge in [-0.15, -0.1) is 0 Å². The van der Waals surface area contributed by atoms with E-state index in [9.17, 15) is 4.79 Å². The third kappa shape index (κ3) is 3.82. The highest BCUT2D eigenvalue weighted by molar-refractivity contribution is 9.10. The van der Waals surface area contributed by atoms with Gasteiger partial charge in [-0.1, -0.05) is 36.4 Å². The van der Waals surface area contributed by atoms with Gasteiger partial charge in [0.05, 0.1) is 22.7 Å². The zero-order valence-corrected chi connectivity index (χ0v) is 21.4. The van der Waals surface area contributed by atoms with E-state index in [1.165, 1.54) is 0 Å². The minimum absolute atomic E-state index is 0.287. The van der Waals surface area contributed by atoms with E-state index in [0.717, 1.165) is 87.8 Å². The first-order valence-electron chi connectivity index (χ1n) is 12.6. The fourth-order valence-electron chi connectivity index (χ4n) is 5.50. The second-order valence-corrected chi connectivity index (χ2v) is 11.0. The summed E-state index contributed by atoms with van der Waals surface area (Å²) in [6.07, 6.45) is 5.03. The maximum absolute atomic E-state index is 12.6. The van der Waals surface area contributed by atoms with Crippen LogP contribution in [-0.4, -0.2) is 43.6 Å². The summed E-state index contributed by atoms with van der Waals surface area (Å²) in [5, 5.41) is 8.25. The number of hydrogen-bond acceptors (Lipinski definition) is 3. The van der Waals surface area contributed by atoms with E-state index in [1.54, 1.807) is 0 Å². The molecule has 1 atom stereocenters. The van der Waals surface area contributed by atoms with Gasteiger partial charge in [0.1, 0.15) is 5.82 Å². The second-order valence-electron chi connectivity index (χ2n) is 10.1. The van der Waals surface area contributed by atoms with Gasteiger partial charge >= 0.3 is 0 Å². The molecule has 1 amide bonds. The first-order chi connectivity index (χ1) is 17.6. The maximum Gasteiger partial charge on any atom is 0.225 e. The molecular formula is C29H26BrN5O. The van der Waals surface area contributed by atoms with Gasteiger partial charge in [0.25, 0.3) is 0 Å². The molecule has 5 aromatic rings.